The Hall–Kier alpha value is -6.16. The van der Waals surface area contributed by atoms with Crippen molar-refractivity contribution in [1.82, 2.24) is 9.97 Å². The molecule has 0 fully saturated rings. The van der Waals surface area contributed by atoms with E-state index in [1.54, 1.807) is 11.3 Å². The molecule has 7 aromatic carbocycles. The van der Waals surface area contributed by atoms with E-state index in [9.17, 15) is 0 Å². The summed E-state index contributed by atoms with van der Waals surface area (Å²) in [7, 11) is 0. The lowest BCUT2D eigenvalue weighted by Crippen LogP contribution is -1.94. The van der Waals surface area contributed by atoms with Crippen LogP contribution in [0.15, 0.2) is 182 Å². The smallest absolute Gasteiger partial charge is 0.161 e. The number of benzene rings is 7. The van der Waals surface area contributed by atoms with Crippen molar-refractivity contribution in [2.45, 2.75) is 0 Å². The maximum absolute atomic E-state index is 5.30. The molecule has 9 aromatic rings. The fraction of sp³-hybridized carbons (Fsp3) is 0. The molecule has 0 unspecified atom stereocenters. The van der Waals surface area contributed by atoms with Gasteiger partial charge in [-0.25, -0.2) is 9.97 Å². The summed E-state index contributed by atoms with van der Waals surface area (Å²) in [5, 5.41) is 2.30. The highest BCUT2D eigenvalue weighted by Crippen LogP contribution is 2.40. The van der Waals surface area contributed by atoms with Crippen LogP contribution in [0.25, 0.3) is 87.5 Å². The lowest BCUT2D eigenvalue weighted by molar-refractivity contribution is 1.24. The van der Waals surface area contributed by atoms with Crippen LogP contribution in [-0.2, 0) is 0 Å². The highest BCUT2D eigenvalue weighted by atomic mass is 32.1. The van der Waals surface area contributed by atoms with E-state index in [1.165, 1.54) is 43.5 Å². The standard InChI is InChI=1S/C46H30N2S/c1-3-12-31(13-4-1)33-24-26-34(27-25-33)44-43-41-22-7-8-23-42(41)49-46(43)48-45(47-44)40-21-11-20-39(30-40)38-19-10-18-37(29-38)36-17-9-16-35(28-36)32-14-5-2-6-15-32/h1-30H. The van der Waals surface area contributed by atoms with Gasteiger partial charge in [-0.2, -0.15) is 0 Å². The molecule has 0 aliphatic rings. The Bertz CT molecular complexity index is 2590. The first kappa shape index (κ1) is 29.0. The second kappa shape index (κ2) is 12.5. The van der Waals surface area contributed by atoms with Crippen molar-refractivity contribution in [3.05, 3.63) is 182 Å². The number of rotatable bonds is 6. The average molecular weight is 643 g/mol. The molecule has 2 nitrogen and oxygen atoms in total. The van der Waals surface area contributed by atoms with Gasteiger partial charge in [0.1, 0.15) is 4.83 Å². The van der Waals surface area contributed by atoms with E-state index in [0.717, 1.165) is 44.0 Å². The van der Waals surface area contributed by atoms with Gasteiger partial charge >= 0.3 is 0 Å². The van der Waals surface area contributed by atoms with Gasteiger partial charge in [-0.15, -0.1) is 11.3 Å². The van der Waals surface area contributed by atoms with Crippen LogP contribution in [0.2, 0.25) is 0 Å². The van der Waals surface area contributed by atoms with Crippen molar-refractivity contribution in [2.75, 3.05) is 0 Å². The van der Waals surface area contributed by atoms with Crippen LogP contribution in [0.3, 0.4) is 0 Å². The first-order valence-electron chi connectivity index (χ1n) is 16.5. The molecule has 0 amide bonds. The number of thiophene rings is 1. The topological polar surface area (TPSA) is 25.8 Å². The molecule has 0 saturated heterocycles. The number of fused-ring (bicyclic) bond motifs is 3. The van der Waals surface area contributed by atoms with Crippen LogP contribution in [-0.4, -0.2) is 9.97 Å². The molecule has 3 heteroatoms. The molecule has 0 saturated carbocycles. The summed E-state index contributed by atoms with van der Waals surface area (Å²) in [6, 6.07) is 64.5. The van der Waals surface area contributed by atoms with E-state index in [1.807, 2.05) is 0 Å². The Balaban J connectivity index is 1.12. The summed E-state index contributed by atoms with van der Waals surface area (Å²) in [6.07, 6.45) is 0. The lowest BCUT2D eigenvalue weighted by Gasteiger charge is -2.11. The van der Waals surface area contributed by atoms with Gasteiger partial charge in [0.05, 0.1) is 5.69 Å². The summed E-state index contributed by atoms with van der Waals surface area (Å²) in [5.74, 6) is 0.731. The average Bonchev–Trinajstić information content (AvgIpc) is 3.57. The maximum Gasteiger partial charge on any atom is 0.161 e. The molecule has 0 bridgehead atoms. The van der Waals surface area contributed by atoms with Crippen LogP contribution in [0, 0.1) is 0 Å². The van der Waals surface area contributed by atoms with Crippen molar-refractivity contribution >= 4 is 31.6 Å². The van der Waals surface area contributed by atoms with E-state index in [-0.39, 0.29) is 0 Å². The summed E-state index contributed by atoms with van der Waals surface area (Å²) in [5.41, 5.74) is 12.5. The van der Waals surface area contributed by atoms with Crippen LogP contribution in [0.1, 0.15) is 0 Å². The summed E-state index contributed by atoms with van der Waals surface area (Å²) in [4.78, 5) is 11.5. The second-order valence-electron chi connectivity index (χ2n) is 12.2. The third-order valence-electron chi connectivity index (χ3n) is 9.12. The lowest BCUT2D eigenvalue weighted by atomic mass is 9.95. The Labute approximate surface area is 289 Å². The number of aromatic nitrogens is 2. The van der Waals surface area contributed by atoms with Gasteiger partial charge in [0.25, 0.3) is 0 Å². The molecule has 230 valence electrons. The van der Waals surface area contributed by atoms with Crippen molar-refractivity contribution < 1.29 is 0 Å². The van der Waals surface area contributed by atoms with E-state index in [0.29, 0.717) is 0 Å². The third-order valence-corrected chi connectivity index (χ3v) is 10.2. The van der Waals surface area contributed by atoms with Crippen molar-refractivity contribution in [2.24, 2.45) is 0 Å². The highest BCUT2D eigenvalue weighted by Gasteiger charge is 2.17. The predicted octanol–water partition coefficient (Wildman–Crippen LogP) is 12.8. The van der Waals surface area contributed by atoms with Crippen LogP contribution in [0.4, 0.5) is 0 Å². The van der Waals surface area contributed by atoms with Gasteiger partial charge in [-0.1, -0.05) is 158 Å². The first-order valence-corrected chi connectivity index (χ1v) is 17.3. The number of hydrogen-bond acceptors (Lipinski definition) is 3. The fourth-order valence-corrected chi connectivity index (χ4v) is 7.71. The van der Waals surface area contributed by atoms with Crippen molar-refractivity contribution in [1.29, 1.82) is 0 Å². The number of hydrogen-bond donors (Lipinski definition) is 0. The Morgan fingerprint density at radius 2 is 0.755 bits per heavy atom. The summed E-state index contributed by atoms with van der Waals surface area (Å²) in [6.45, 7) is 0. The van der Waals surface area contributed by atoms with Gasteiger partial charge in [0.2, 0.25) is 0 Å². The quantitative estimate of drug-likeness (QED) is 0.180. The van der Waals surface area contributed by atoms with Crippen LogP contribution < -0.4 is 0 Å². The zero-order valence-electron chi connectivity index (χ0n) is 26.6. The minimum absolute atomic E-state index is 0.731. The van der Waals surface area contributed by atoms with E-state index in [2.05, 4.69) is 182 Å². The molecule has 0 N–H and O–H groups in total. The highest BCUT2D eigenvalue weighted by molar-refractivity contribution is 7.25. The molecule has 9 rings (SSSR count). The Morgan fingerprint density at radius 3 is 1.37 bits per heavy atom. The van der Waals surface area contributed by atoms with E-state index < -0.39 is 0 Å². The van der Waals surface area contributed by atoms with Crippen LogP contribution in [0.5, 0.6) is 0 Å². The molecule has 0 spiro atoms. The van der Waals surface area contributed by atoms with Gasteiger partial charge in [0, 0.05) is 26.6 Å². The summed E-state index contributed by atoms with van der Waals surface area (Å²) < 4.78 is 1.22. The Kier molecular flexibility index (Phi) is 7.38. The summed E-state index contributed by atoms with van der Waals surface area (Å²) >= 11 is 1.73. The van der Waals surface area contributed by atoms with Gasteiger partial charge < -0.3 is 0 Å². The van der Waals surface area contributed by atoms with Crippen molar-refractivity contribution in [3.8, 4) is 67.2 Å². The molecule has 49 heavy (non-hydrogen) atoms. The minimum Gasteiger partial charge on any atom is -0.227 e. The fourth-order valence-electron chi connectivity index (χ4n) is 6.64. The molecule has 0 aliphatic carbocycles. The molecule has 2 heterocycles. The third kappa shape index (κ3) is 5.61. The van der Waals surface area contributed by atoms with E-state index in [4.69, 9.17) is 9.97 Å². The monoisotopic (exact) mass is 642 g/mol. The van der Waals surface area contributed by atoms with E-state index >= 15 is 0 Å². The molecule has 0 atom stereocenters. The SMILES string of the molecule is c1ccc(-c2ccc(-c3nc(-c4cccc(-c5cccc(-c6cccc(-c7ccccc7)c6)c5)c4)nc4sc5ccccc5c34)cc2)cc1. The van der Waals surface area contributed by atoms with Gasteiger partial charge in [0.15, 0.2) is 5.82 Å². The molecule has 0 radical (unpaired) electrons. The largest absolute Gasteiger partial charge is 0.227 e. The Morgan fingerprint density at radius 1 is 0.327 bits per heavy atom. The van der Waals surface area contributed by atoms with Crippen molar-refractivity contribution in [3.63, 3.8) is 0 Å². The molecule has 0 aliphatic heterocycles. The van der Waals surface area contributed by atoms with Gasteiger partial charge in [-0.3, -0.25) is 0 Å². The molecular formula is C46H30N2S. The molecular weight excluding hydrogens is 613 g/mol. The number of nitrogens with zero attached hydrogens (tertiary/aromatic N) is 2. The predicted molar refractivity (Wildman–Crippen MR) is 208 cm³/mol. The normalized spacial score (nSPS) is 11.3. The first-order chi connectivity index (χ1) is 24.3. The minimum atomic E-state index is 0.731. The zero-order valence-corrected chi connectivity index (χ0v) is 27.4. The second-order valence-corrected chi connectivity index (χ2v) is 13.3. The van der Waals surface area contributed by atoms with Crippen LogP contribution >= 0.6 is 11.3 Å². The van der Waals surface area contributed by atoms with Gasteiger partial charge in [-0.05, 0) is 68.8 Å². The maximum atomic E-state index is 5.30. The molecule has 2 aromatic heterocycles. The zero-order chi connectivity index (χ0) is 32.6.